The smallest absolute Gasteiger partial charge is 0.182 e. The summed E-state index contributed by atoms with van der Waals surface area (Å²) in [6.45, 7) is 4.32. The molecule has 1 aromatic carbocycles. The molecule has 2 aromatic rings. The Bertz CT molecular complexity index is 516. The average molecular weight is 341 g/mol. The minimum Gasteiger partial charge on any atom is -0.371 e. The standard InChI is InChI=1S/C14H17BrN2OS/c1-2-7-16-14-17-8-12(19-14)10-18-9-11-5-3-4-6-13(11)15/h3-6,8H,2,7,9-10H2,1H3,(H,16,17). The lowest BCUT2D eigenvalue weighted by atomic mass is 10.2. The van der Waals surface area contributed by atoms with Crippen LogP contribution in [-0.2, 0) is 18.0 Å². The SMILES string of the molecule is CCCNc1ncc(COCc2ccccc2Br)s1. The van der Waals surface area contributed by atoms with E-state index < -0.39 is 0 Å². The first-order valence-corrected chi connectivity index (χ1v) is 7.90. The van der Waals surface area contributed by atoms with Crippen LogP contribution in [0.15, 0.2) is 34.9 Å². The average Bonchev–Trinajstić information content (AvgIpc) is 2.86. The van der Waals surface area contributed by atoms with Gasteiger partial charge in [-0.1, -0.05) is 52.4 Å². The molecule has 2 rings (SSSR count). The monoisotopic (exact) mass is 340 g/mol. The Kier molecular flexibility index (Phi) is 5.82. The molecule has 1 N–H and O–H groups in total. The van der Waals surface area contributed by atoms with Crippen LogP contribution < -0.4 is 5.32 Å². The van der Waals surface area contributed by atoms with E-state index in [4.69, 9.17) is 4.74 Å². The second-order valence-electron chi connectivity index (χ2n) is 4.14. The zero-order valence-corrected chi connectivity index (χ0v) is 13.3. The van der Waals surface area contributed by atoms with Gasteiger partial charge in [-0.2, -0.15) is 0 Å². The lowest BCUT2D eigenvalue weighted by Gasteiger charge is -2.04. The van der Waals surface area contributed by atoms with E-state index in [2.05, 4.69) is 39.2 Å². The van der Waals surface area contributed by atoms with Gasteiger partial charge < -0.3 is 10.1 Å². The van der Waals surface area contributed by atoms with Crippen molar-refractivity contribution >= 4 is 32.4 Å². The predicted molar refractivity (Wildman–Crippen MR) is 83.5 cm³/mol. The minimum absolute atomic E-state index is 0.604. The highest BCUT2D eigenvalue weighted by Crippen LogP contribution is 2.21. The molecule has 0 aliphatic heterocycles. The maximum atomic E-state index is 5.72. The van der Waals surface area contributed by atoms with Gasteiger partial charge in [-0.25, -0.2) is 4.98 Å². The van der Waals surface area contributed by atoms with Gasteiger partial charge in [0.15, 0.2) is 5.13 Å². The predicted octanol–water partition coefficient (Wildman–Crippen LogP) is 4.44. The van der Waals surface area contributed by atoms with Gasteiger partial charge in [0.25, 0.3) is 0 Å². The number of ether oxygens (including phenoxy) is 1. The van der Waals surface area contributed by atoms with E-state index in [1.165, 1.54) is 0 Å². The first kappa shape index (κ1) is 14.5. The van der Waals surface area contributed by atoms with E-state index in [9.17, 15) is 0 Å². The maximum Gasteiger partial charge on any atom is 0.182 e. The highest BCUT2D eigenvalue weighted by Gasteiger charge is 2.03. The molecule has 0 radical (unpaired) electrons. The fourth-order valence-electron chi connectivity index (χ4n) is 1.56. The third kappa shape index (κ3) is 4.60. The summed E-state index contributed by atoms with van der Waals surface area (Å²) in [4.78, 5) is 5.46. The first-order chi connectivity index (χ1) is 9.29. The summed E-state index contributed by atoms with van der Waals surface area (Å²) in [7, 11) is 0. The van der Waals surface area contributed by atoms with E-state index in [0.717, 1.165) is 33.0 Å². The maximum absolute atomic E-state index is 5.72. The number of aromatic nitrogens is 1. The number of nitrogens with zero attached hydrogens (tertiary/aromatic N) is 1. The summed E-state index contributed by atoms with van der Waals surface area (Å²) in [5, 5.41) is 4.25. The molecule has 0 atom stereocenters. The molecule has 0 aliphatic rings. The van der Waals surface area contributed by atoms with Gasteiger partial charge in [0.05, 0.1) is 18.1 Å². The number of hydrogen-bond donors (Lipinski definition) is 1. The van der Waals surface area contributed by atoms with Crippen LogP contribution in [0, 0.1) is 0 Å². The Morgan fingerprint density at radius 2 is 2.16 bits per heavy atom. The number of rotatable bonds is 7. The van der Waals surface area contributed by atoms with Crippen LogP contribution in [0.4, 0.5) is 5.13 Å². The van der Waals surface area contributed by atoms with Crippen LogP contribution in [0.3, 0.4) is 0 Å². The second kappa shape index (κ2) is 7.62. The Morgan fingerprint density at radius 3 is 2.95 bits per heavy atom. The number of anilines is 1. The topological polar surface area (TPSA) is 34.2 Å². The number of halogens is 1. The van der Waals surface area contributed by atoms with Crippen molar-refractivity contribution in [1.82, 2.24) is 4.98 Å². The molecule has 0 amide bonds. The van der Waals surface area contributed by atoms with Crippen molar-refractivity contribution < 1.29 is 4.74 Å². The van der Waals surface area contributed by atoms with E-state index in [0.29, 0.717) is 13.2 Å². The van der Waals surface area contributed by atoms with Crippen molar-refractivity contribution in [2.24, 2.45) is 0 Å². The van der Waals surface area contributed by atoms with Gasteiger partial charge in [-0.15, -0.1) is 0 Å². The summed E-state index contributed by atoms with van der Waals surface area (Å²) < 4.78 is 6.80. The Hall–Kier alpha value is -0.910. The second-order valence-corrected chi connectivity index (χ2v) is 6.11. The number of benzene rings is 1. The number of hydrogen-bond acceptors (Lipinski definition) is 4. The molecule has 0 spiro atoms. The Morgan fingerprint density at radius 1 is 1.32 bits per heavy atom. The molecule has 1 heterocycles. The van der Waals surface area contributed by atoms with Crippen molar-refractivity contribution in [3.05, 3.63) is 45.4 Å². The van der Waals surface area contributed by atoms with Gasteiger partial charge in [0.2, 0.25) is 0 Å². The van der Waals surface area contributed by atoms with Crippen molar-refractivity contribution in [3.63, 3.8) is 0 Å². The largest absolute Gasteiger partial charge is 0.371 e. The fraction of sp³-hybridized carbons (Fsp3) is 0.357. The molecule has 0 saturated heterocycles. The number of thiazole rings is 1. The van der Waals surface area contributed by atoms with Gasteiger partial charge in [-0.3, -0.25) is 0 Å². The van der Waals surface area contributed by atoms with Crippen LogP contribution in [-0.4, -0.2) is 11.5 Å². The molecule has 0 saturated carbocycles. The van der Waals surface area contributed by atoms with Gasteiger partial charge in [0.1, 0.15) is 0 Å². The Labute approximate surface area is 126 Å². The first-order valence-electron chi connectivity index (χ1n) is 6.29. The zero-order chi connectivity index (χ0) is 13.5. The van der Waals surface area contributed by atoms with Crippen molar-refractivity contribution in [3.8, 4) is 0 Å². The van der Waals surface area contributed by atoms with Crippen LogP contribution in [0.5, 0.6) is 0 Å². The highest BCUT2D eigenvalue weighted by atomic mass is 79.9. The molecular formula is C14H17BrN2OS. The third-order valence-electron chi connectivity index (χ3n) is 2.54. The quantitative estimate of drug-likeness (QED) is 0.808. The molecular weight excluding hydrogens is 324 g/mol. The van der Waals surface area contributed by atoms with E-state index in [1.54, 1.807) is 11.3 Å². The summed E-state index contributed by atoms with van der Waals surface area (Å²) in [6.07, 6.45) is 2.98. The summed E-state index contributed by atoms with van der Waals surface area (Å²) in [5.41, 5.74) is 1.16. The summed E-state index contributed by atoms with van der Waals surface area (Å²) in [6, 6.07) is 8.11. The van der Waals surface area contributed by atoms with Crippen molar-refractivity contribution in [1.29, 1.82) is 0 Å². The van der Waals surface area contributed by atoms with E-state index >= 15 is 0 Å². The minimum atomic E-state index is 0.604. The normalized spacial score (nSPS) is 10.6. The van der Waals surface area contributed by atoms with Crippen LogP contribution in [0.25, 0.3) is 0 Å². The molecule has 1 aromatic heterocycles. The number of nitrogens with one attached hydrogen (secondary N) is 1. The summed E-state index contributed by atoms with van der Waals surface area (Å²) in [5.74, 6) is 0. The molecule has 0 unspecified atom stereocenters. The molecule has 0 aliphatic carbocycles. The fourth-order valence-corrected chi connectivity index (χ4v) is 2.74. The van der Waals surface area contributed by atoms with Crippen LogP contribution >= 0.6 is 27.3 Å². The molecule has 19 heavy (non-hydrogen) atoms. The Balaban J connectivity index is 1.79. The summed E-state index contributed by atoms with van der Waals surface area (Å²) >= 11 is 5.17. The zero-order valence-electron chi connectivity index (χ0n) is 10.9. The van der Waals surface area contributed by atoms with Gasteiger partial charge >= 0.3 is 0 Å². The lowest BCUT2D eigenvalue weighted by molar-refractivity contribution is 0.108. The van der Waals surface area contributed by atoms with Gasteiger partial charge in [-0.05, 0) is 18.1 Å². The molecule has 0 fully saturated rings. The van der Waals surface area contributed by atoms with E-state index in [1.807, 2.05) is 24.4 Å². The van der Waals surface area contributed by atoms with Crippen molar-refractivity contribution in [2.45, 2.75) is 26.6 Å². The van der Waals surface area contributed by atoms with E-state index in [-0.39, 0.29) is 0 Å². The third-order valence-corrected chi connectivity index (χ3v) is 4.24. The highest BCUT2D eigenvalue weighted by molar-refractivity contribution is 9.10. The lowest BCUT2D eigenvalue weighted by Crippen LogP contribution is -1.97. The molecule has 0 bridgehead atoms. The van der Waals surface area contributed by atoms with Crippen LogP contribution in [0.2, 0.25) is 0 Å². The van der Waals surface area contributed by atoms with Crippen molar-refractivity contribution in [2.75, 3.05) is 11.9 Å². The molecule has 3 nitrogen and oxygen atoms in total. The van der Waals surface area contributed by atoms with Gasteiger partial charge in [0, 0.05) is 17.2 Å². The van der Waals surface area contributed by atoms with Crippen LogP contribution in [0.1, 0.15) is 23.8 Å². The molecule has 5 heteroatoms. The molecule has 102 valence electrons.